The lowest BCUT2D eigenvalue weighted by Gasteiger charge is -2.15. The van der Waals surface area contributed by atoms with Crippen LogP contribution in [0.15, 0.2) is 89.9 Å². The van der Waals surface area contributed by atoms with Crippen LogP contribution in [0.3, 0.4) is 0 Å². The van der Waals surface area contributed by atoms with Crippen LogP contribution in [-0.4, -0.2) is 18.7 Å². The van der Waals surface area contributed by atoms with Crippen LogP contribution in [0.1, 0.15) is 30.0 Å². The van der Waals surface area contributed by atoms with E-state index in [-0.39, 0.29) is 5.91 Å². The molecule has 0 spiro atoms. The molecule has 1 N–H and O–H groups in total. The highest BCUT2D eigenvalue weighted by Crippen LogP contribution is 2.30. The molecule has 0 aliphatic carbocycles. The van der Waals surface area contributed by atoms with Gasteiger partial charge in [0.25, 0.3) is 0 Å². The second-order valence-corrected chi connectivity index (χ2v) is 8.08. The van der Waals surface area contributed by atoms with Gasteiger partial charge in [-0.15, -0.1) is 0 Å². The molecule has 4 heteroatoms. The Bertz CT molecular complexity index is 1100. The average molecular weight is 425 g/mol. The fraction of sp³-hybridized carbons (Fsp3) is 0.214. The number of nitrogens with one attached hydrogen (secondary N) is 1. The van der Waals surface area contributed by atoms with Crippen LogP contribution in [-0.2, 0) is 17.6 Å². The van der Waals surface area contributed by atoms with Crippen LogP contribution in [0.25, 0.3) is 5.70 Å². The van der Waals surface area contributed by atoms with Crippen molar-refractivity contribution in [2.24, 2.45) is 10.9 Å². The molecule has 0 saturated carbocycles. The SMILES string of the molecule is CC1C=C(c2ccccc2OCCc2ccc(NC(=O)Cc3ccccc3)cc2)N=CC1. The molecule has 1 aliphatic rings. The van der Waals surface area contributed by atoms with Gasteiger partial charge in [0.05, 0.1) is 18.7 Å². The zero-order valence-electron chi connectivity index (χ0n) is 18.3. The largest absolute Gasteiger partial charge is 0.493 e. The molecule has 4 nitrogen and oxygen atoms in total. The number of ether oxygens (including phenoxy) is 1. The number of carbonyl (C=O) groups excluding carboxylic acids is 1. The Morgan fingerprint density at radius 3 is 2.50 bits per heavy atom. The summed E-state index contributed by atoms with van der Waals surface area (Å²) in [6.45, 7) is 2.77. The Hall–Kier alpha value is -3.66. The number of nitrogens with zero attached hydrogens (tertiary/aromatic N) is 1. The molecule has 4 rings (SSSR count). The van der Waals surface area contributed by atoms with Crippen molar-refractivity contribution in [3.63, 3.8) is 0 Å². The van der Waals surface area contributed by atoms with E-state index in [0.29, 0.717) is 18.9 Å². The number of rotatable bonds is 8. The van der Waals surface area contributed by atoms with Crippen molar-refractivity contribution in [1.29, 1.82) is 0 Å². The van der Waals surface area contributed by atoms with E-state index in [1.807, 2.05) is 79.0 Å². The Labute approximate surface area is 189 Å². The fourth-order valence-electron chi connectivity index (χ4n) is 3.68. The first-order valence-corrected chi connectivity index (χ1v) is 11.1. The van der Waals surface area contributed by atoms with Gasteiger partial charge in [-0.05, 0) is 47.7 Å². The zero-order chi connectivity index (χ0) is 22.2. The maximum atomic E-state index is 12.2. The minimum Gasteiger partial charge on any atom is -0.493 e. The lowest BCUT2D eigenvalue weighted by Crippen LogP contribution is -2.14. The second-order valence-electron chi connectivity index (χ2n) is 8.08. The van der Waals surface area contributed by atoms with E-state index >= 15 is 0 Å². The lowest BCUT2D eigenvalue weighted by molar-refractivity contribution is -0.115. The third-order valence-corrected chi connectivity index (χ3v) is 5.41. The summed E-state index contributed by atoms with van der Waals surface area (Å²) in [6, 6.07) is 25.7. The Balaban J connectivity index is 1.30. The van der Waals surface area contributed by atoms with E-state index in [4.69, 9.17) is 4.74 Å². The third kappa shape index (κ3) is 5.94. The van der Waals surface area contributed by atoms with Crippen molar-refractivity contribution < 1.29 is 9.53 Å². The van der Waals surface area contributed by atoms with Crippen LogP contribution in [0, 0.1) is 5.92 Å². The Kier molecular flexibility index (Phi) is 7.13. The molecule has 3 aromatic rings. The topological polar surface area (TPSA) is 50.7 Å². The highest BCUT2D eigenvalue weighted by molar-refractivity contribution is 5.92. The van der Waals surface area contributed by atoms with Gasteiger partial charge in [0.1, 0.15) is 5.75 Å². The van der Waals surface area contributed by atoms with Gasteiger partial charge in [-0.25, -0.2) is 0 Å². The molecule has 3 aromatic carbocycles. The zero-order valence-corrected chi connectivity index (χ0v) is 18.3. The van der Waals surface area contributed by atoms with Gasteiger partial charge in [-0.3, -0.25) is 9.79 Å². The average Bonchev–Trinajstić information content (AvgIpc) is 2.81. The smallest absolute Gasteiger partial charge is 0.228 e. The van der Waals surface area contributed by atoms with E-state index in [2.05, 4.69) is 29.4 Å². The predicted molar refractivity (Wildman–Crippen MR) is 131 cm³/mol. The number of carbonyl (C=O) groups is 1. The number of para-hydroxylation sites is 1. The maximum absolute atomic E-state index is 12.2. The summed E-state index contributed by atoms with van der Waals surface area (Å²) in [5, 5.41) is 2.96. The molecule has 1 aliphatic heterocycles. The van der Waals surface area contributed by atoms with Crippen LogP contribution in [0.5, 0.6) is 5.75 Å². The van der Waals surface area contributed by atoms with Gasteiger partial charge in [0, 0.05) is 23.9 Å². The van der Waals surface area contributed by atoms with Crippen molar-refractivity contribution >= 4 is 23.5 Å². The van der Waals surface area contributed by atoms with Crippen molar-refractivity contribution in [3.8, 4) is 5.75 Å². The lowest BCUT2D eigenvalue weighted by atomic mass is 10.0. The molecule has 0 saturated heterocycles. The molecule has 0 radical (unpaired) electrons. The second kappa shape index (κ2) is 10.6. The quantitative estimate of drug-likeness (QED) is 0.486. The summed E-state index contributed by atoms with van der Waals surface area (Å²) in [6.07, 6.45) is 6.32. The molecule has 1 heterocycles. The van der Waals surface area contributed by atoms with E-state index in [9.17, 15) is 4.79 Å². The van der Waals surface area contributed by atoms with Gasteiger partial charge in [0.2, 0.25) is 5.91 Å². The first-order valence-electron chi connectivity index (χ1n) is 11.1. The van der Waals surface area contributed by atoms with Crippen LogP contribution >= 0.6 is 0 Å². The van der Waals surface area contributed by atoms with Crippen molar-refractivity contribution in [1.82, 2.24) is 0 Å². The van der Waals surface area contributed by atoms with Gasteiger partial charge in [-0.1, -0.05) is 67.6 Å². The first kappa shape index (κ1) is 21.6. The van der Waals surface area contributed by atoms with Crippen LogP contribution in [0.2, 0.25) is 0 Å². The van der Waals surface area contributed by atoms with Gasteiger partial charge >= 0.3 is 0 Å². The standard InChI is InChI=1S/C28H28N2O2/c1-21-15-17-29-26(19-21)25-9-5-6-10-27(25)32-18-16-22-11-13-24(14-12-22)30-28(31)20-23-7-3-2-4-8-23/h2-14,17,19,21H,15-16,18,20H2,1H3,(H,30,31). The Morgan fingerprint density at radius 1 is 0.969 bits per heavy atom. The van der Waals surface area contributed by atoms with Crippen molar-refractivity contribution in [2.75, 3.05) is 11.9 Å². The molecule has 0 aromatic heterocycles. The van der Waals surface area contributed by atoms with Crippen LogP contribution in [0.4, 0.5) is 5.69 Å². The molecule has 1 amide bonds. The number of hydrogen-bond acceptors (Lipinski definition) is 3. The summed E-state index contributed by atoms with van der Waals surface area (Å²) in [7, 11) is 0. The summed E-state index contributed by atoms with van der Waals surface area (Å²) in [5.74, 6) is 1.33. The number of benzene rings is 3. The Morgan fingerprint density at radius 2 is 1.72 bits per heavy atom. The van der Waals surface area contributed by atoms with Gasteiger partial charge in [-0.2, -0.15) is 0 Å². The van der Waals surface area contributed by atoms with E-state index in [1.165, 1.54) is 0 Å². The molecular weight excluding hydrogens is 396 g/mol. The fourth-order valence-corrected chi connectivity index (χ4v) is 3.68. The van der Waals surface area contributed by atoms with E-state index < -0.39 is 0 Å². The number of anilines is 1. The normalized spacial score (nSPS) is 15.2. The number of hydrogen-bond donors (Lipinski definition) is 1. The number of allylic oxidation sites excluding steroid dienone is 1. The summed E-state index contributed by atoms with van der Waals surface area (Å²) in [5.41, 5.74) is 4.98. The van der Waals surface area contributed by atoms with Crippen molar-refractivity contribution in [2.45, 2.75) is 26.2 Å². The highest BCUT2D eigenvalue weighted by atomic mass is 16.5. The highest BCUT2D eigenvalue weighted by Gasteiger charge is 2.12. The van der Waals surface area contributed by atoms with E-state index in [0.717, 1.165) is 46.7 Å². The minimum absolute atomic E-state index is 0.0158. The predicted octanol–water partition coefficient (Wildman–Crippen LogP) is 5.94. The summed E-state index contributed by atoms with van der Waals surface area (Å²) in [4.78, 5) is 16.8. The van der Waals surface area contributed by atoms with E-state index in [1.54, 1.807) is 0 Å². The number of amides is 1. The molecule has 0 bridgehead atoms. The van der Waals surface area contributed by atoms with Crippen LogP contribution < -0.4 is 10.1 Å². The molecule has 0 fully saturated rings. The first-order chi connectivity index (χ1) is 15.7. The maximum Gasteiger partial charge on any atom is 0.228 e. The summed E-state index contributed by atoms with van der Waals surface area (Å²) < 4.78 is 6.11. The van der Waals surface area contributed by atoms with Gasteiger partial charge < -0.3 is 10.1 Å². The molecule has 162 valence electrons. The molecule has 32 heavy (non-hydrogen) atoms. The monoisotopic (exact) mass is 424 g/mol. The third-order valence-electron chi connectivity index (χ3n) is 5.41. The molecule has 1 atom stereocenters. The number of aliphatic imine (C=N–C) groups is 1. The molecule has 1 unspecified atom stereocenters. The van der Waals surface area contributed by atoms with Crippen molar-refractivity contribution in [3.05, 3.63) is 102 Å². The minimum atomic E-state index is -0.0158. The summed E-state index contributed by atoms with van der Waals surface area (Å²) >= 11 is 0. The van der Waals surface area contributed by atoms with Gasteiger partial charge in [0.15, 0.2) is 0 Å². The molecular formula is C28H28N2O2.